The summed E-state index contributed by atoms with van der Waals surface area (Å²) in [5.41, 5.74) is 6.17. The molecule has 0 heterocycles. The van der Waals surface area contributed by atoms with Gasteiger partial charge in [0, 0.05) is 36.7 Å². The van der Waals surface area contributed by atoms with E-state index >= 15 is 0 Å². The maximum absolute atomic E-state index is 12.5. The van der Waals surface area contributed by atoms with Gasteiger partial charge < -0.3 is 16.0 Å². The second-order valence-corrected chi connectivity index (χ2v) is 6.14. The third kappa shape index (κ3) is 5.45. The number of allylic oxidation sites excluding steroid dienone is 2. The Morgan fingerprint density at radius 3 is 2.48 bits per heavy atom. The van der Waals surface area contributed by atoms with Crippen LogP contribution in [0, 0.1) is 5.92 Å². The van der Waals surface area contributed by atoms with E-state index in [4.69, 9.17) is 5.73 Å². The first-order chi connectivity index (χ1) is 12.0. The van der Waals surface area contributed by atoms with Crippen molar-refractivity contribution >= 4 is 23.4 Å². The maximum atomic E-state index is 12.5. The van der Waals surface area contributed by atoms with E-state index in [1.807, 2.05) is 6.92 Å². The summed E-state index contributed by atoms with van der Waals surface area (Å²) in [6.45, 7) is 2.93. The lowest BCUT2D eigenvalue weighted by molar-refractivity contribution is -0.135. The van der Waals surface area contributed by atoms with Crippen LogP contribution >= 0.6 is 0 Å². The summed E-state index contributed by atoms with van der Waals surface area (Å²) in [4.78, 5) is 37.4. The number of anilines is 1. The number of hydrogen-bond donors (Lipinski definition) is 2. The zero-order valence-corrected chi connectivity index (χ0v) is 14.5. The smallest absolute Gasteiger partial charge is 0.248 e. The predicted molar refractivity (Wildman–Crippen MR) is 96.9 cm³/mol. The summed E-state index contributed by atoms with van der Waals surface area (Å²) in [5, 5.41) is 2.77. The highest BCUT2D eigenvalue weighted by Crippen LogP contribution is 2.20. The Balaban J connectivity index is 1.83. The Hall–Kier alpha value is -2.63. The van der Waals surface area contributed by atoms with Gasteiger partial charge in [0.1, 0.15) is 0 Å². The van der Waals surface area contributed by atoms with Gasteiger partial charge in [0.15, 0.2) is 0 Å². The zero-order chi connectivity index (χ0) is 18.2. The fourth-order valence-corrected chi connectivity index (χ4v) is 2.88. The minimum Gasteiger partial charge on any atom is -0.366 e. The number of nitrogens with one attached hydrogen (secondary N) is 1. The maximum Gasteiger partial charge on any atom is 0.248 e. The van der Waals surface area contributed by atoms with Crippen molar-refractivity contribution in [2.45, 2.75) is 32.6 Å². The molecular formula is C19H25N3O3. The van der Waals surface area contributed by atoms with Crippen LogP contribution in [0.25, 0.3) is 0 Å². The van der Waals surface area contributed by atoms with E-state index in [9.17, 15) is 14.4 Å². The van der Waals surface area contributed by atoms with E-state index in [1.165, 1.54) is 0 Å². The molecule has 0 fully saturated rings. The average molecular weight is 343 g/mol. The summed E-state index contributed by atoms with van der Waals surface area (Å²) < 4.78 is 0. The molecule has 0 radical (unpaired) electrons. The van der Waals surface area contributed by atoms with Gasteiger partial charge in [-0.3, -0.25) is 14.4 Å². The van der Waals surface area contributed by atoms with Crippen LogP contribution in [-0.4, -0.2) is 35.7 Å². The van der Waals surface area contributed by atoms with Crippen molar-refractivity contribution in [2.24, 2.45) is 11.7 Å². The van der Waals surface area contributed by atoms with Crippen molar-refractivity contribution in [3.8, 4) is 0 Å². The molecule has 6 heteroatoms. The van der Waals surface area contributed by atoms with E-state index in [0.29, 0.717) is 24.3 Å². The first kappa shape index (κ1) is 18.7. The Kier molecular flexibility index (Phi) is 6.74. The van der Waals surface area contributed by atoms with Crippen molar-refractivity contribution in [1.29, 1.82) is 0 Å². The minimum atomic E-state index is -0.507. The molecule has 3 N–H and O–H groups in total. The fourth-order valence-electron chi connectivity index (χ4n) is 2.88. The van der Waals surface area contributed by atoms with E-state index in [2.05, 4.69) is 17.5 Å². The fraction of sp³-hybridized carbons (Fsp3) is 0.421. The number of carbonyl (C=O) groups excluding carboxylic acids is 3. The normalized spacial score (nSPS) is 16.3. The van der Waals surface area contributed by atoms with Gasteiger partial charge in [-0.1, -0.05) is 12.2 Å². The van der Waals surface area contributed by atoms with Crippen LogP contribution in [0.3, 0.4) is 0 Å². The van der Waals surface area contributed by atoms with Crippen LogP contribution in [0.2, 0.25) is 0 Å². The summed E-state index contributed by atoms with van der Waals surface area (Å²) in [6.07, 6.45) is 7.01. The molecule has 0 aromatic heterocycles. The number of benzene rings is 1. The van der Waals surface area contributed by atoms with Gasteiger partial charge in [0.2, 0.25) is 17.7 Å². The van der Waals surface area contributed by atoms with Crippen molar-refractivity contribution in [2.75, 3.05) is 18.4 Å². The number of carbonyl (C=O) groups is 3. The number of nitrogens with two attached hydrogens (primary N) is 1. The molecule has 2 rings (SSSR count). The van der Waals surface area contributed by atoms with Crippen LogP contribution in [0.5, 0.6) is 0 Å². The molecule has 0 saturated heterocycles. The molecular weight excluding hydrogens is 318 g/mol. The molecule has 1 aromatic rings. The van der Waals surface area contributed by atoms with Crippen LogP contribution in [0.4, 0.5) is 5.69 Å². The van der Waals surface area contributed by atoms with Gasteiger partial charge >= 0.3 is 0 Å². The Morgan fingerprint density at radius 1 is 1.20 bits per heavy atom. The lowest BCUT2D eigenvalue weighted by Gasteiger charge is -2.26. The lowest BCUT2D eigenvalue weighted by atomic mass is 9.93. The summed E-state index contributed by atoms with van der Waals surface area (Å²) >= 11 is 0. The second-order valence-electron chi connectivity index (χ2n) is 6.14. The van der Waals surface area contributed by atoms with Gasteiger partial charge in [-0.25, -0.2) is 0 Å². The SMILES string of the molecule is CCN(CCC(=O)Nc1ccc(C(N)=O)cc1)C(=O)C1CC=CCC1. The highest BCUT2D eigenvalue weighted by Gasteiger charge is 2.23. The van der Waals surface area contributed by atoms with Gasteiger partial charge in [-0.15, -0.1) is 0 Å². The number of amides is 3. The Bertz CT molecular complexity index is 652. The molecule has 1 aromatic carbocycles. The van der Waals surface area contributed by atoms with Crippen molar-refractivity contribution < 1.29 is 14.4 Å². The van der Waals surface area contributed by atoms with E-state index in [-0.39, 0.29) is 24.2 Å². The largest absolute Gasteiger partial charge is 0.366 e. The topological polar surface area (TPSA) is 92.5 Å². The number of rotatable bonds is 7. The monoisotopic (exact) mass is 343 g/mol. The molecule has 3 amide bonds. The van der Waals surface area contributed by atoms with Gasteiger partial charge in [-0.2, -0.15) is 0 Å². The molecule has 0 spiro atoms. The van der Waals surface area contributed by atoms with E-state index in [0.717, 1.165) is 19.3 Å². The van der Waals surface area contributed by atoms with Gasteiger partial charge in [-0.05, 0) is 50.5 Å². The highest BCUT2D eigenvalue weighted by atomic mass is 16.2. The molecule has 1 unspecified atom stereocenters. The zero-order valence-electron chi connectivity index (χ0n) is 14.5. The lowest BCUT2D eigenvalue weighted by Crippen LogP contribution is -2.38. The molecule has 25 heavy (non-hydrogen) atoms. The molecule has 1 aliphatic carbocycles. The first-order valence-electron chi connectivity index (χ1n) is 8.64. The van der Waals surface area contributed by atoms with Crippen molar-refractivity contribution in [1.82, 2.24) is 4.90 Å². The number of primary amides is 1. The highest BCUT2D eigenvalue weighted by molar-refractivity contribution is 5.95. The van der Waals surface area contributed by atoms with Crippen LogP contribution in [0.1, 0.15) is 43.0 Å². The molecule has 6 nitrogen and oxygen atoms in total. The van der Waals surface area contributed by atoms with Crippen LogP contribution in [-0.2, 0) is 9.59 Å². The van der Waals surface area contributed by atoms with Crippen LogP contribution in [0.15, 0.2) is 36.4 Å². The third-order valence-corrected chi connectivity index (χ3v) is 4.37. The van der Waals surface area contributed by atoms with Gasteiger partial charge in [0.25, 0.3) is 0 Å². The molecule has 0 aliphatic heterocycles. The molecule has 1 atom stereocenters. The second kappa shape index (κ2) is 9.01. The minimum absolute atomic E-state index is 0.0364. The Morgan fingerprint density at radius 2 is 1.92 bits per heavy atom. The summed E-state index contributed by atoms with van der Waals surface area (Å²) in [7, 11) is 0. The number of nitrogens with zero attached hydrogens (tertiary/aromatic N) is 1. The molecule has 0 saturated carbocycles. The van der Waals surface area contributed by atoms with Crippen molar-refractivity contribution in [3.63, 3.8) is 0 Å². The quantitative estimate of drug-likeness (QED) is 0.744. The van der Waals surface area contributed by atoms with Gasteiger partial charge in [0.05, 0.1) is 0 Å². The molecule has 0 bridgehead atoms. The molecule has 1 aliphatic rings. The average Bonchev–Trinajstić information content (AvgIpc) is 2.63. The third-order valence-electron chi connectivity index (χ3n) is 4.37. The Labute approximate surface area is 148 Å². The number of hydrogen-bond acceptors (Lipinski definition) is 3. The van der Waals surface area contributed by atoms with E-state index in [1.54, 1.807) is 29.2 Å². The predicted octanol–water partition coefficient (Wildman–Crippen LogP) is 2.32. The summed E-state index contributed by atoms with van der Waals surface area (Å²) in [5.74, 6) is -0.506. The van der Waals surface area contributed by atoms with E-state index < -0.39 is 5.91 Å². The molecule has 134 valence electrons. The van der Waals surface area contributed by atoms with Crippen molar-refractivity contribution in [3.05, 3.63) is 42.0 Å². The van der Waals surface area contributed by atoms with Crippen LogP contribution < -0.4 is 11.1 Å². The standard InChI is InChI=1S/C19H25N3O3/c1-2-22(19(25)15-6-4-3-5-7-15)13-12-17(23)21-16-10-8-14(9-11-16)18(20)24/h3-4,8-11,15H,2,5-7,12-13H2,1H3,(H2,20,24)(H,21,23). The first-order valence-corrected chi connectivity index (χ1v) is 8.64. The summed E-state index contributed by atoms with van der Waals surface area (Å²) in [6, 6.07) is 6.40.